The predicted octanol–water partition coefficient (Wildman–Crippen LogP) is 3.73. The van der Waals surface area contributed by atoms with Gasteiger partial charge in [-0.05, 0) is 36.8 Å². The molecule has 1 aliphatic rings. The second-order valence-electron chi connectivity index (χ2n) is 4.29. The summed E-state index contributed by atoms with van der Waals surface area (Å²) in [6, 6.07) is 5.99. The van der Waals surface area contributed by atoms with Gasteiger partial charge in [0, 0.05) is 21.6 Å². The van der Waals surface area contributed by atoms with Crippen LogP contribution in [0, 0.1) is 17.0 Å². The summed E-state index contributed by atoms with van der Waals surface area (Å²) in [6.07, 6.45) is 1.69. The average molecular weight is 245 g/mol. The first kappa shape index (κ1) is 10.5. The van der Waals surface area contributed by atoms with Crippen LogP contribution in [-0.2, 0) is 12.8 Å². The monoisotopic (exact) mass is 245 g/mol. The predicted molar refractivity (Wildman–Crippen MR) is 68.6 cm³/mol. The second-order valence-corrected chi connectivity index (χ2v) is 5.21. The molecule has 3 nitrogen and oxygen atoms in total. The van der Waals surface area contributed by atoms with E-state index < -0.39 is 0 Å². The summed E-state index contributed by atoms with van der Waals surface area (Å²) in [5.74, 6) is 0. The Morgan fingerprint density at radius 1 is 1.29 bits per heavy atom. The number of thiophene rings is 1. The molecule has 0 saturated carbocycles. The van der Waals surface area contributed by atoms with E-state index in [9.17, 15) is 10.1 Å². The highest BCUT2D eigenvalue weighted by Crippen LogP contribution is 2.42. The van der Waals surface area contributed by atoms with Crippen molar-refractivity contribution >= 4 is 17.0 Å². The molecule has 0 N–H and O–H groups in total. The smallest absolute Gasteiger partial charge is 0.258 e. The van der Waals surface area contributed by atoms with E-state index in [1.807, 2.05) is 19.1 Å². The van der Waals surface area contributed by atoms with E-state index in [1.54, 1.807) is 11.3 Å². The quantitative estimate of drug-likeness (QED) is 0.567. The third kappa shape index (κ3) is 1.48. The average Bonchev–Trinajstić information content (AvgIpc) is 2.75. The Hall–Kier alpha value is -1.68. The molecule has 0 bridgehead atoms. The molecular formula is C13H11NO2S. The number of hydrogen-bond donors (Lipinski definition) is 0. The van der Waals surface area contributed by atoms with Crippen LogP contribution in [0.5, 0.6) is 0 Å². The van der Waals surface area contributed by atoms with Crippen LogP contribution in [-0.4, -0.2) is 4.92 Å². The number of aryl methyl sites for hydroxylation is 2. The summed E-state index contributed by atoms with van der Waals surface area (Å²) in [6.45, 7) is 1.81. The Kier molecular flexibility index (Phi) is 2.26. The number of fused-ring (bicyclic) bond motifs is 3. The first-order chi connectivity index (χ1) is 8.18. The van der Waals surface area contributed by atoms with Gasteiger partial charge >= 0.3 is 0 Å². The van der Waals surface area contributed by atoms with Crippen LogP contribution in [0.15, 0.2) is 23.6 Å². The lowest BCUT2D eigenvalue weighted by molar-refractivity contribution is -0.386. The van der Waals surface area contributed by atoms with E-state index in [4.69, 9.17) is 0 Å². The molecule has 0 unspecified atom stereocenters. The molecule has 1 heterocycles. The molecular weight excluding hydrogens is 234 g/mol. The molecule has 0 amide bonds. The minimum absolute atomic E-state index is 0.243. The maximum absolute atomic E-state index is 11.2. The number of benzene rings is 1. The molecule has 0 spiro atoms. The maximum Gasteiger partial charge on any atom is 0.276 e. The first-order valence-electron chi connectivity index (χ1n) is 5.52. The number of nitro benzene ring substituents is 1. The molecule has 3 rings (SSSR count). The van der Waals surface area contributed by atoms with Crippen LogP contribution in [0.4, 0.5) is 5.69 Å². The summed E-state index contributed by atoms with van der Waals surface area (Å²) >= 11 is 1.67. The fraction of sp³-hybridized carbons (Fsp3) is 0.231. The fourth-order valence-electron chi connectivity index (χ4n) is 2.50. The van der Waals surface area contributed by atoms with Gasteiger partial charge in [-0.2, -0.15) is 0 Å². The molecule has 4 heteroatoms. The van der Waals surface area contributed by atoms with Crippen molar-refractivity contribution in [2.75, 3.05) is 0 Å². The zero-order valence-electron chi connectivity index (χ0n) is 9.40. The molecule has 0 atom stereocenters. The van der Waals surface area contributed by atoms with Gasteiger partial charge in [0.1, 0.15) is 0 Å². The van der Waals surface area contributed by atoms with Crippen LogP contribution in [0.3, 0.4) is 0 Å². The molecule has 2 aromatic rings. The Balaban J connectivity index is 2.31. The van der Waals surface area contributed by atoms with E-state index in [0.717, 1.165) is 29.5 Å². The van der Waals surface area contributed by atoms with Crippen molar-refractivity contribution in [1.29, 1.82) is 0 Å². The van der Waals surface area contributed by atoms with Gasteiger partial charge in [0.25, 0.3) is 5.69 Å². The zero-order chi connectivity index (χ0) is 12.0. The molecule has 17 heavy (non-hydrogen) atoms. The highest BCUT2D eigenvalue weighted by atomic mass is 32.1. The van der Waals surface area contributed by atoms with Gasteiger partial charge in [0.15, 0.2) is 0 Å². The molecule has 1 aromatic carbocycles. The summed E-state index contributed by atoms with van der Waals surface area (Å²) in [7, 11) is 0. The SMILES string of the molecule is Cc1ccc2c(c1[N+](=O)[O-])CCc1ccsc1-2. The highest BCUT2D eigenvalue weighted by Gasteiger charge is 2.26. The van der Waals surface area contributed by atoms with Crippen molar-refractivity contribution in [3.8, 4) is 10.4 Å². The van der Waals surface area contributed by atoms with E-state index in [-0.39, 0.29) is 4.92 Å². The summed E-state index contributed by atoms with van der Waals surface area (Å²) in [4.78, 5) is 12.1. The fourth-order valence-corrected chi connectivity index (χ4v) is 3.51. The van der Waals surface area contributed by atoms with Gasteiger partial charge in [-0.25, -0.2) is 0 Å². The van der Waals surface area contributed by atoms with Gasteiger partial charge in [0.2, 0.25) is 0 Å². The van der Waals surface area contributed by atoms with Gasteiger partial charge in [-0.1, -0.05) is 12.1 Å². The van der Waals surface area contributed by atoms with E-state index >= 15 is 0 Å². The van der Waals surface area contributed by atoms with Crippen LogP contribution in [0.1, 0.15) is 16.7 Å². The summed E-state index contributed by atoms with van der Waals surface area (Å²) in [5.41, 5.74) is 4.35. The van der Waals surface area contributed by atoms with Gasteiger partial charge in [0.05, 0.1) is 4.92 Å². The lowest BCUT2D eigenvalue weighted by Gasteiger charge is -2.17. The molecule has 1 aromatic heterocycles. The Bertz CT molecular complexity index is 616. The lowest BCUT2D eigenvalue weighted by atomic mass is 9.89. The van der Waals surface area contributed by atoms with Crippen LogP contribution >= 0.6 is 11.3 Å². The van der Waals surface area contributed by atoms with Gasteiger partial charge < -0.3 is 0 Å². The Morgan fingerprint density at radius 2 is 2.12 bits per heavy atom. The van der Waals surface area contributed by atoms with Gasteiger partial charge in [-0.15, -0.1) is 11.3 Å². The standard InChI is InChI=1S/C13H11NO2S/c1-8-2-4-11-10(12(8)14(15)16)5-3-9-6-7-17-13(9)11/h2,4,6-7H,3,5H2,1H3. The second kappa shape index (κ2) is 3.67. The minimum atomic E-state index is -0.243. The molecule has 0 radical (unpaired) electrons. The summed E-state index contributed by atoms with van der Waals surface area (Å²) in [5, 5.41) is 13.2. The first-order valence-corrected chi connectivity index (χ1v) is 6.40. The van der Waals surface area contributed by atoms with Crippen LogP contribution in [0.25, 0.3) is 10.4 Å². The topological polar surface area (TPSA) is 43.1 Å². The Morgan fingerprint density at radius 3 is 2.88 bits per heavy atom. The van der Waals surface area contributed by atoms with Crippen molar-refractivity contribution in [2.45, 2.75) is 19.8 Å². The van der Waals surface area contributed by atoms with Crippen molar-refractivity contribution in [1.82, 2.24) is 0 Å². The number of rotatable bonds is 1. The van der Waals surface area contributed by atoms with Crippen molar-refractivity contribution in [3.63, 3.8) is 0 Å². The van der Waals surface area contributed by atoms with E-state index in [1.165, 1.54) is 10.4 Å². The number of nitro groups is 1. The van der Waals surface area contributed by atoms with Crippen molar-refractivity contribution < 1.29 is 4.92 Å². The van der Waals surface area contributed by atoms with E-state index in [0.29, 0.717) is 5.69 Å². The Labute approximate surface area is 103 Å². The largest absolute Gasteiger partial charge is 0.276 e. The molecule has 86 valence electrons. The molecule has 0 fully saturated rings. The van der Waals surface area contributed by atoms with Crippen molar-refractivity contribution in [2.24, 2.45) is 0 Å². The number of nitrogens with zero attached hydrogens (tertiary/aromatic N) is 1. The number of hydrogen-bond acceptors (Lipinski definition) is 3. The third-order valence-corrected chi connectivity index (χ3v) is 4.29. The third-order valence-electron chi connectivity index (χ3n) is 3.30. The van der Waals surface area contributed by atoms with E-state index in [2.05, 4.69) is 11.4 Å². The zero-order valence-corrected chi connectivity index (χ0v) is 10.2. The lowest BCUT2D eigenvalue weighted by Crippen LogP contribution is -2.06. The van der Waals surface area contributed by atoms with Gasteiger partial charge in [-0.3, -0.25) is 10.1 Å². The van der Waals surface area contributed by atoms with Crippen molar-refractivity contribution in [3.05, 3.63) is 50.4 Å². The summed E-state index contributed by atoms with van der Waals surface area (Å²) < 4.78 is 0. The van der Waals surface area contributed by atoms with Crippen LogP contribution in [0.2, 0.25) is 0 Å². The minimum Gasteiger partial charge on any atom is -0.258 e. The molecule has 0 aliphatic heterocycles. The maximum atomic E-state index is 11.2. The molecule has 0 saturated heterocycles. The highest BCUT2D eigenvalue weighted by molar-refractivity contribution is 7.13. The molecule has 1 aliphatic carbocycles. The normalized spacial score (nSPS) is 13.0. The van der Waals surface area contributed by atoms with Crippen LogP contribution < -0.4 is 0 Å².